The number of nitrogens with zero attached hydrogens (tertiary/aromatic N) is 2. The van der Waals surface area contributed by atoms with Crippen molar-refractivity contribution in [2.45, 2.75) is 12.8 Å². The summed E-state index contributed by atoms with van der Waals surface area (Å²) in [5.74, 6) is 1.06. The van der Waals surface area contributed by atoms with Crippen LogP contribution in [-0.2, 0) is 9.59 Å². The molecule has 0 bridgehead atoms. The van der Waals surface area contributed by atoms with Crippen LogP contribution in [0.1, 0.15) is 23.2 Å². The highest BCUT2D eigenvalue weighted by Crippen LogP contribution is 2.30. The first-order valence-electron chi connectivity index (χ1n) is 11.0. The van der Waals surface area contributed by atoms with E-state index in [-0.39, 0.29) is 24.2 Å². The van der Waals surface area contributed by atoms with Gasteiger partial charge in [0.2, 0.25) is 0 Å². The molecule has 3 aromatic rings. The molecule has 2 heterocycles. The van der Waals surface area contributed by atoms with Gasteiger partial charge in [-0.05, 0) is 42.5 Å². The number of benzene rings is 2. The Bertz CT molecular complexity index is 1210. The fourth-order valence-corrected chi connectivity index (χ4v) is 4.27. The van der Waals surface area contributed by atoms with Crippen molar-refractivity contribution >= 4 is 34.1 Å². The average Bonchev–Trinajstić information content (AvgIpc) is 3.36. The molecule has 0 atom stereocenters. The molecule has 0 saturated carbocycles. The largest absolute Gasteiger partial charge is 0.497 e. The van der Waals surface area contributed by atoms with Crippen LogP contribution in [0.2, 0.25) is 0 Å². The van der Waals surface area contributed by atoms with E-state index in [1.807, 2.05) is 29.6 Å². The molecule has 0 radical (unpaired) electrons. The van der Waals surface area contributed by atoms with Crippen molar-refractivity contribution in [3.63, 3.8) is 0 Å². The Kier molecular flexibility index (Phi) is 7.61. The van der Waals surface area contributed by atoms with Crippen LogP contribution in [-0.4, -0.2) is 61.4 Å². The standard InChI is InChI=1S/C25H25N3O6S/c1-32-19-6-3-16(4-7-19)20-15-35-25(26-20)27-24(31)17-5-8-21(22(13-17)33-2)34-14-23(30)28-11-9-18(29)10-12-28/h3-8,13,15H,9-12,14H2,1-2H3,(H,26,27,31). The third-order valence-corrected chi connectivity index (χ3v) is 6.32. The lowest BCUT2D eigenvalue weighted by Gasteiger charge is -2.26. The molecular formula is C25H25N3O6S. The van der Waals surface area contributed by atoms with Gasteiger partial charge < -0.3 is 19.1 Å². The Morgan fingerprint density at radius 3 is 2.46 bits per heavy atom. The van der Waals surface area contributed by atoms with Gasteiger partial charge in [0.05, 0.1) is 19.9 Å². The third kappa shape index (κ3) is 5.96. The number of piperidine rings is 1. The first-order chi connectivity index (χ1) is 17.0. The van der Waals surface area contributed by atoms with Gasteiger partial charge >= 0.3 is 0 Å². The smallest absolute Gasteiger partial charge is 0.260 e. The Balaban J connectivity index is 1.37. The van der Waals surface area contributed by atoms with E-state index in [9.17, 15) is 14.4 Å². The van der Waals surface area contributed by atoms with Crippen LogP contribution in [0.25, 0.3) is 11.3 Å². The van der Waals surface area contributed by atoms with Crippen molar-refractivity contribution < 1.29 is 28.6 Å². The van der Waals surface area contributed by atoms with E-state index in [0.717, 1.165) is 17.0 Å². The summed E-state index contributed by atoms with van der Waals surface area (Å²) in [5.41, 5.74) is 2.02. The molecule has 1 fully saturated rings. The number of amides is 2. The van der Waals surface area contributed by atoms with E-state index >= 15 is 0 Å². The molecule has 1 saturated heterocycles. The number of hydrogen-bond acceptors (Lipinski definition) is 8. The molecule has 2 aromatic carbocycles. The monoisotopic (exact) mass is 495 g/mol. The van der Waals surface area contributed by atoms with Crippen LogP contribution in [0.4, 0.5) is 5.13 Å². The number of thiazole rings is 1. The Labute approximate surface area is 206 Å². The number of ketones is 1. The summed E-state index contributed by atoms with van der Waals surface area (Å²) in [4.78, 5) is 42.6. The van der Waals surface area contributed by atoms with Crippen molar-refractivity contribution in [2.75, 3.05) is 39.2 Å². The fourth-order valence-electron chi connectivity index (χ4n) is 3.56. The van der Waals surface area contributed by atoms with Crippen LogP contribution in [0, 0.1) is 0 Å². The zero-order chi connectivity index (χ0) is 24.8. The normalized spacial score (nSPS) is 13.3. The van der Waals surface area contributed by atoms with E-state index in [2.05, 4.69) is 10.3 Å². The van der Waals surface area contributed by atoms with Gasteiger partial charge in [-0.1, -0.05) is 0 Å². The number of rotatable bonds is 8. The van der Waals surface area contributed by atoms with Crippen molar-refractivity contribution in [3.05, 3.63) is 53.4 Å². The van der Waals surface area contributed by atoms with E-state index in [0.29, 0.717) is 48.1 Å². The topological polar surface area (TPSA) is 107 Å². The Hall–Kier alpha value is -3.92. The van der Waals surface area contributed by atoms with Crippen LogP contribution >= 0.6 is 11.3 Å². The number of hydrogen-bond donors (Lipinski definition) is 1. The highest BCUT2D eigenvalue weighted by atomic mass is 32.1. The van der Waals surface area contributed by atoms with Crippen LogP contribution in [0.5, 0.6) is 17.2 Å². The molecule has 0 aliphatic carbocycles. The second-order valence-corrected chi connectivity index (χ2v) is 8.65. The molecule has 0 unspecified atom stereocenters. The van der Waals surface area contributed by atoms with Gasteiger partial charge in [0, 0.05) is 42.4 Å². The number of carbonyl (C=O) groups excluding carboxylic acids is 3. The first kappa shape index (κ1) is 24.2. The number of likely N-dealkylation sites (tertiary alicyclic amines) is 1. The molecule has 1 aromatic heterocycles. The number of aromatic nitrogens is 1. The first-order valence-corrected chi connectivity index (χ1v) is 11.9. The zero-order valence-electron chi connectivity index (χ0n) is 19.4. The van der Waals surface area contributed by atoms with Gasteiger partial charge in [0.25, 0.3) is 11.8 Å². The second kappa shape index (κ2) is 11.0. The average molecular weight is 496 g/mol. The number of anilines is 1. The predicted molar refractivity (Wildman–Crippen MR) is 131 cm³/mol. The number of methoxy groups -OCH3 is 2. The summed E-state index contributed by atoms with van der Waals surface area (Å²) in [5, 5.41) is 5.13. The van der Waals surface area contributed by atoms with E-state index < -0.39 is 0 Å². The molecule has 1 aliphatic rings. The highest BCUT2D eigenvalue weighted by molar-refractivity contribution is 7.14. The number of nitrogens with one attached hydrogen (secondary N) is 1. The number of carbonyl (C=O) groups is 3. The lowest BCUT2D eigenvalue weighted by atomic mass is 10.1. The molecule has 4 rings (SSSR count). The molecule has 1 aliphatic heterocycles. The molecule has 9 nitrogen and oxygen atoms in total. The maximum absolute atomic E-state index is 12.8. The Morgan fingerprint density at radius 1 is 1.03 bits per heavy atom. The summed E-state index contributed by atoms with van der Waals surface area (Å²) in [6.45, 7) is 0.645. The van der Waals surface area contributed by atoms with E-state index in [4.69, 9.17) is 14.2 Å². The minimum atomic E-state index is -0.348. The molecular weight excluding hydrogens is 470 g/mol. The number of Topliss-reactive ketones (excluding diaryl/α,β-unsaturated/α-hetero) is 1. The van der Waals surface area contributed by atoms with Gasteiger partial charge in [0.1, 0.15) is 11.5 Å². The van der Waals surface area contributed by atoms with Gasteiger partial charge in [-0.15, -0.1) is 11.3 Å². The van der Waals surface area contributed by atoms with E-state index in [1.54, 1.807) is 30.2 Å². The van der Waals surface area contributed by atoms with Gasteiger partial charge in [0.15, 0.2) is 23.2 Å². The summed E-state index contributed by atoms with van der Waals surface area (Å²) < 4.78 is 16.2. The third-order valence-electron chi connectivity index (χ3n) is 5.56. The molecule has 10 heteroatoms. The van der Waals surface area contributed by atoms with Gasteiger partial charge in [-0.2, -0.15) is 0 Å². The van der Waals surface area contributed by atoms with Gasteiger partial charge in [-0.25, -0.2) is 4.98 Å². The van der Waals surface area contributed by atoms with Crippen LogP contribution in [0.15, 0.2) is 47.8 Å². The van der Waals surface area contributed by atoms with Crippen LogP contribution in [0.3, 0.4) is 0 Å². The zero-order valence-corrected chi connectivity index (χ0v) is 20.2. The summed E-state index contributed by atoms with van der Waals surface area (Å²) in [6.07, 6.45) is 0.749. The summed E-state index contributed by atoms with van der Waals surface area (Å²) >= 11 is 1.32. The SMILES string of the molecule is COc1ccc(-c2csc(NC(=O)c3ccc(OCC(=O)N4CCC(=O)CC4)c(OC)c3)n2)cc1. The molecule has 0 spiro atoms. The molecule has 1 N–H and O–H groups in total. The fraction of sp³-hybridized carbons (Fsp3) is 0.280. The van der Waals surface area contributed by atoms with Crippen molar-refractivity contribution in [3.8, 4) is 28.5 Å². The maximum atomic E-state index is 12.8. The quantitative estimate of drug-likeness (QED) is 0.508. The molecule has 2 amide bonds. The summed E-state index contributed by atoms with van der Waals surface area (Å²) in [6, 6.07) is 12.2. The summed E-state index contributed by atoms with van der Waals surface area (Å²) in [7, 11) is 3.07. The van der Waals surface area contributed by atoms with Crippen molar-refractivity contribution in [2.24, 2.45) is 0 Å². The highest BCUT2D eigenvalue weighted by Gasteiger charge is 2.21. The van der Waals surface area contributed by atoms with Crippen molar-refractivity contribution in [1.82, 2.24) is 9.88 Å². The molecule has 35 heavy (non-hydrogen) atoms. The Morgan fingerprint density at radius 2 is 1.77 bits per heavy atom. The second-order valence-electron chi connectivity index (χ2n) is 7.79. The van der Waals surface area contributed by atoms with Gasteiger partial charge in [-0.3, -0.25) is 19.7 Å². The van der Waals surface area contributed by atoms with E-state index in [1.165, 1.54) is 18.4 Å². The lowest BCUT2D eigenvalue weighted by molar-refractivity contribution is -0.136. The molecule has 182 valence electrons. The van der Waals surface area contributed by atoms with Crippen LogP contribution < -0.4 is 19.5 Å². The minimum absolute atomic E-state index is 0.167. The van der Waals surface area contributed by atoms with Crippen molar-refractivity contribution in [1.29, 1.82) is 0 Å². The maximum Gasteiger partial charge on any atom is 0.260 e. The lowest BCUT2D eigenvalue weighted by Crippen LogP contribution is -2.41. The minimum Gasteiger partial charge on any atom is -0.497 e. The predicted octanol–water partition coefficient (Wildman–Crippen LogP) is 3.65. The number of ether oxygens (including phenoxy) is 3.